The Hall–Kier alpha value is -1.60. The molecule has 1 heteroatoms. The molecule has 1 nitrogen and oxygen atoms in total. The zero-order valence-electron chi connectivity index (χ0n) is 13.2. The lowest BCUT2D eigenvalue weighted by Gasteiger charge is -2.11. The highest BCUT2D eigenvalue weighted by Gasteiger charge is 2.19. The molecule has 0 bridgehead atoms. The summed E-state index contributed by atoms with van der Waals surface area (Å²) >= 11 is 0. The van der Waals surface area contributed by atoms with E-state index < -0.39 is 0 Å². The first-order chi connectivity index (χ1) is 10.3. The molecule has 21 heavy (non-hydrogen) atoms. The first-order valence-electron chi connectivity index (χ1n) is 8.24. The summed E-state index contributed by atoms with van der Waals surface area (Å²) in [6.07, 6.45) is 4.92. The molecule has 0 amide bonds. The molecule has 1 N–H and O–H groups in total. The largest absolute Gasteiger partial charge is 0.310 e. The van der Waals surface area contributed by atoms with E-state index in [1.54, 1.807) is 0 Å². The molecular formula is C20H25N. The van der Waals surface area contributed by atoms with Crippen LogP contribution in [-0.2, 0) is 19.4 Å². The molecule has 1 aliphatic rings. The number of nitrogens with one attached hydrogen (secondary N) is 1. The average molecular weight is 279 g/mol. The molecule has 1 fully saturated rings. The first kappa shape index (κ1) is 14.3. The van der Waals surface area contributed by atoms with Crippen molar-refractivity contribution in [2.24, 2.45) is 0 Å². The van der Waals surface area contributed by atoms with Gasteiger partial charge in [0.2, 0.25) is 0 Å². The minimum Gasteiger partial charge on any atom is -0.310 e. The summed E-state index contributed by atoms with van der Waals surface area (Å²) in [6.45, 7) is 5.47. The van der Waals surface area contributed by atoms with E-state index in [4.69, 9.17) is 0 Å². The molecule has 2 aromatic carbocycles. The summed E-state index contributed by atoms with van der Waals surface area (Å²) in [6, 6.07) is 16.7. The van der Waals surface area contributed by atoms with Crippen LogP contribution in [0.2, 0.25) is 0 Å². The highest BCUT2D eigenvalue weighted by atomic mass is 14.9. The van der Waals surface area contributed by atoms with Crippen LogP contribution in [0.15, 0.2) is 42.5 Å². The molecule has 0 aromatic heterocycles. The predicted molar refractivity (Wildman–Crippen MR) is 90.5 cm³/mol. The van der Waals surface area contributed by atoms with E-state index in [-0.39, 0.29) is 0 Å². The van der Waals surface area contributed by atoms with Crippen molar-refractivity contribution in [2.45, 2.75) is 52.1 Å². The molecule has 3 rings (SSSR count). The van der Waals surface area contributed by atoms with Gasteiger partial charge in [0.25, 0.3) is 0 Å². The van der Waals surface area contributed by atoms with Gasteiger partial charge in [0.15, 0.2) is 0 Å². The van der Waals surface area contributed by atoms with Gasteiger partial charge < -0.3 is 5.32 Å². The van der Waals surface area contributed by atoms with Crippen molar-refractivity contribution in [3.63, 3.8) is 0 Å². The highest BCUT2D eigenvalue weighted by Crippen LogP contribution is 2.25. The summed E-state index contributed by atoms with van der Waals surface area (Å²) in [5.74, 6) is 0. The fourth-order valence-corrected chi connectivity index (χ4v) is 2.89. The van der Waals surface area contributed by atoms with Gasteiger partial charge in [0, 0.05) is 12.6 Å². The maximum atomic E-state index is 3.59. The van der Waals surface area contributed by atoms with Gasteiger partial charge in [0.1, 0.15) is 0 Å². The summed E-state index contributed by atoms with van der Waals surface area (Å²) in [5, 5.41) is 3.59. The van der Waals surface area contributed by atoms with Crippen LogP contribution in [0.1, 0.15) is 43.4 Å². The summed E-state index contributed by atoms with van der Waals surface area (Å²) in [7, 11) is 0. The van der Waals surface area contributed by atoms with Crippen molar-refractivity contribution >= 4 is 0 Å². The van der Waals surface area contributed by atoms with Crippen molar-refractivity contribution in [3.05, 3.63) is 59.2 Å². The number of rotatable bonds is 6. The monoisotopic (exact) mass is 279 g/mol. The Balaban J connectivity index is 1.83. The van der Waals surface area contributed by atoms with Crippen LogP contribution >= 0.6 is 0 Å². The first-order valence-corrected chi connectivity index (χ1v) is 8.24. The Kier molecular flexibility index (Phi) is 4.40. The maximum absolute atomic E-state index is 3.59. The van der Waals surface area contributed by atoms with Crippen LogP contribution in [-0.4, -0.2) is 6.04 Å². The zero-order chi connectivity index (χ0) is 14.7. The predicted octanol–water partition coefficient (Wildman–Crippen LogP) is 4.73. The standard InChI is InChI=1S/C20H25N/c1-3-16-8-9-19(13-17(16)4-2)18-7-5-6-15(12-18)14-21-20-10-11-20/h5-9,12-13,20-21H,3-4,10-11,14H2,1-2H3. The Morgan fingerprint density at radius 1 is 0.905 bits per heavy atom. The van der Waals surface area contributed by atoms with Crippen LogP contribution < -0.4 is 5.32 Å². The van der Waals surface area contributed by atoms with E-state index in [0.29, 0.717) is 0 Å². The van der Waals surface area contributed by atoms with Gasteiger partial charge in [-0.05, 0) is 59.6 Å². The fourth-order valence-electron chi connectivity index (χ4n) is 2.89. The summed E-state index contributed by atoms with van der Waals surface area (Å²) < 4.78 is 0. The highest BCUT2D eigenvalue weighted by molar-refractivity contribution is 5.65. The summed E-state index contributed by atoms with van der Waals surface area (Å²) in [4.78, 5) is 0. The average Bonchev–Trinajstić information content (AvgIpc) is 3.37. The Morgan fingerprint density at radius 3 is 2.38 bits per heavy atom. The van der Waals surface area contributed by atoms with Crippen molar-refractivity contribution < 1.29 is 0 Å². The minimum absolute atomic E-state index is 0.768. The molecule has 2 aromatic rings. The minimum atomic E-state index is 0.768. The molecule has 0 radical (unpaired) electrons. The molecule has 1 saturated carbocycles. The molecule has 0 unspecified atom stereocenters. The van der Waals surface area contributed by atoms with E-state index in [9.17, 15) is 0 Å². The van der Waals surface area contributed by atoms with Gasteiger partial charge in [-0.2, -0.15) is 0 Å². The number of hydrogen-bond acceptors (Lipinski definition) is 1. The van der Waals surface area contributed by atoms with E-state index in [0.717, 1.165) is 25.4 Å². The normalized spacial score (nSPS) is 14.4. The van der Waals surface area contributed by atoms with Gasteiger partial charge in [-0.15, -0.1) is 0 Å². The summed E-state index contributed by atoms with van der Waals surface area (Å²) in [5.41, 5.74) is 7.03. The second kappa shape index (κ2) is 6.44. The van der Waals surface area contributed by atoms with E-state index in [1.807, 2.05) is 0 Å². The van der Waals surface area contributed by atoms with Crippen LogP contribution in [0.5, 0.6) is 0 Å². The lowest BCUT2D eigenvalue weighted by atomic mass is 9.96. The van der Waals surface area contributed by atoms with E-state index in [1.165, 1.54) is 40.7 Å². The number of aryl methyl sites for hydroxylation is 2. The lowest BCUT2D eigenvalue weighted by Crippen LogP contribution is -2.15. The molecule has 0 heterocycles. The van der Waals surface area contributed by atoms with Gasteiger partial charge in [-0.25, -0.2) is 0 Å². The third-order valence-corrected chi connectivity index (χ3v) is 4.40. The van der Waals surface area contributed by atoms with E-state index in [2.05, 4.69) is 61.6 Å². The topological polar surface area (TPSA) is 12.0 Å². The van der Waals surface area contributed by atoms with Gasteiger partial charge in [-0.1, -0.05) is 50.2 Å². The maximum Gasteiger partial charge on any atom is 0.0208 e. The quantitative estimate of drug-likeness (QED) is 0.806. The molecule has 1 aliphatic carbocycles. The molecule has 0 saturated heterocycles. The van der Waals surface area contributed by atoms with Gasteiger partial charge in [-0.3, -0.25) is 0 Å². The Labute approximate surface area is 128 Å². The third-order valence-electron chi connectivity index (χ3n) is 4.40. The smallest absolute Gasteiger partial charge is 0.0208 e. The molecule has 110 valence electrons. The zero-order valence-corrected chi connectivity index (χ0v) is 13.2. The molecule has 0 spiro atoms. The molecule has 0 aliphatic heterocycles. The number of hydrogen-bond donors (Lipinski definition) is 1. The van der Waals surface area contributed by atoms with Crippen molar-refractivity contribution in [2.75, 3.05) is 0 Å². The van der Waals surface area contributed by atoms with Crippen LogP contribution in [0.4, 0.5) is 0 Å². The van der Waals surface area contributed by atoms with Gasteiger partial charge in [0.05, 0.1) is 0 Å². The van der Waals surface area contributed by atoms with Crippen molar-refractivity contribution in [1.29, 1.82) is 0 Å². The fraction of sp³-hybridized carbons (Fsp3) is 0.400. The Bertz CT molecular complexity index is 611. The third kappa shape index (κ3) is 3.54. The van der Waals surface area contributed by atoms with Crippen LogP contribution in [0.25, 0.3) is 11.1 Å². The molecular weight excluding hydrogens is 254 g/mol. The Morgan fingerprint density at radius 2 is 1.67 bits per heavy atom. The second-order valence-electron chi connectivity index (χ2n) is 6.05. The van der Waals surface area contributed by atoms with Crippen molar-refractivity contribution in [3.8, 4) is 11.1 Å². The second-order valence-corrected chi connectivity index (χ2v) is 6.05. The van der Waals surface area contributed by atoms with E-state index >= 15 is 0 Å². The van der Waals surface area contributed by atoms with Gasteiger partial charge >= 0.3 is 0 Å². The lowest BCUT2D eigenvalue weighted by molar-refractivity contribution is 0.688. The van der Waals surface area contributed by atoms with Crippen LogP contribution in [0.3, 0.4) is 0 Å². The van der Waals surface area contributed by atoms with Crippen LogP contribution in [0, 0.1) is 0 Å². The number of benzene rings is 2. The van der Waals surface area contributed by atoms with Crippen molar-refractivity contribution in [1.82, 2.24) is 5.32 Å². The molecule has 0 atom stereocenters. The SMILES string of the molecule is CCc1ccc(-c2cccc(CNC3CC3)c2)cc1CC.